The zero-order valence-corrected chi connectivity index (χ0v) is 9.99. The zero-order chi connectivity index (χ0) is 11.0. The number of nitrogens with zero attached hydrogens (tertiary/aromatic N) is 1. The first-order chi connectivity index (χ1) is 6.63. The molecule has 0 aliphatic rings. The Bertz CT molecular complexity index is 195. The lowest BCUT2D eigenvalue weighted by molar-refractivity contribution is -0.508. The Kier molecular flexibility index (Phi) is 10.5. The van der Waals surface area contributed by atoms with E-state index in [2.05, 4.69) is 0 Å². The number of Topliss-reactive ketones (excluding diaryl/α,β-unsaturated/α-hetero) is 1. The van der Waals surface area contributed by atoms with E-state index in [0.29, 0.717) is 19.3 Å². The minimum atomic E-state index is -0.961. The minimum Gasteiger partial charge on any atom is -0.369 e. The SMILES string of the molecule is CCCCCC(=O)C(CCC)[N+](=O)[O-].[NH4+]. The van der Waals surface area contributed by atoms with Crippen molar-refractivity contribution in [2.45, 2.75) is 58.4 Å². The van der Waals surface area contributed by atoms with Crippen molar-refractivity contribution in [2.75, 3.05) is 0 Å². The van der Waals surface area contributed by atoms with E-state index < -0.39 is 11.0 Å². The van der Waals surface area contributed by atoms with Gasteiger partial charge >= 0.3 is 0 Å². The highest BCUT2D eigenvalue weighted by molar-refractivity contribution is 5.82. The van der Waals surface area contributed by atoms with Gasteiger partial charge in [-0.05, 0) is 12.8 Å². The molecule has 0 fully saturated rings. The Hall–Kier alpha value is -0.970. The number of unbranched alkanes of at least 4 members (excludes halogenated alkanes) is 2. The molecule has 5 heteroatoms. The van der Waals surface area contributed by atoms with Crippen LogP contribution in [-0.2, 0) is 4.79 Å². The Balaban J connectivity index is 0. The Morgan fingerprint density at radius 2 is 1.87 bits per heavy atom. The second kappa shape index (κ2) is 9.58. The molecule has 5 nitrogen and oxygen atoms in total. The molecule has 0 aromatic rings. The molecule has 0 bridgehead atoms. The van der Waals surface area contributed by atoms with Crippen molar-refractivity contribution in [3.63, 3.8) is 0 Å². The lowest BCUT2D eigenvalue weighted by Crippen LogP contribution is -2.29. The Labute approximate surface area is 91.0 Å². The zero-order valence-electron chi connectivity index (χ0n) is 9.99. The highest BCUT2D eigenvalue weighted by Crippen LogP contribution is 2.08. The van der Waals surface area contributed by atoms with Gasteiger partial charge in [0.2, 0.25) is 5.78 Å². The quantitative estimate of drug-likeness (QED) is 0.386. The lowest BCUT2D eigenvalue weighted by atomic mass is 10.0. The first kappa shape index (κ1) is 16.5. The van der Waals surface area contributed by atoms with Crippen LogP contribution in [0.1, 0.15) is 52.4 Å². The van der Waals surface area contributed by atoms with Crippen LogP contribution >= 0.6 is 0 Å². The van der Waals surface area contributed by atoms with Gasteiger partial charge in [-0.1, -0.05) is 26.7 Å². The molecule has 0 aliphatic carbocycles. The van der Waals surface area contributed by atoms with Gasteiger partial charge in [-0.25, -0.2) is 0 Å². The van der Waals surface area contributed by atoms with Gasteiger partial charge in [-0.15, -0.1) is 0 Å². The minimum absolute atomic E-state index is 0. The predicted octanol–water partition coefficient (Wildman–Crippen LogP) is 2.96. The van der Waals surface area contributed by atoms with Gasteiger partial charge in [-0.2, -0.15) is 0 Å². The summed E-state index contributed by atoms with van der Waals surface area (Å²) >= 11 is 0. The molecule has 0 radical (unpaired) electrons. The van der Waals surface area contributed by atoms with Crippen LogP contribution < -0.4 is 6.15 Å². The van der Waals surface area contributed by atoms with Crippen LogP contribution in [0.4, 0.5) is 0 Å². The Morgan fingerprint density at radius 3 is 2.27 bits per heavy atom. The normalized spacial score (nSPS) is 11.6. The van der Waals surface area contributed by atoms with Gasteiger partial charge in [-0.3, -0.25) is 14.9 Å². The molecule has 1 atom stereocenters. The summed E-state index contributed by atoms with van der Waals surface area (Å²) in [6.07, 6.45) is 4.21. The third-order valence-corrected chi connectivity index (χ3v) is 2.21. The van der Waals surface area contributed by atoms with Crippen LogP contribution in [0.3, 0.4) is 0 Å². The smallest absolute Gasteiger partial charge is 0.270 e. The van der Waals surface area contributed by atoms with Gasteiger partial charge < -0.3 is 6.15 Å². The number of quaternary nitrogens is 1. The van der Waals surface area contributed by atoms with E-state index in [-0.39, 0.29) is 11.9 Å². The summed E-state index contributed by atoms with van der Waals surface area (Å²) in [5.74, 6) is -0.203. The number of hydrogen-bond acceptors (Lipinski definition) is 3. The van der Waals surface area contributed by atoms with Gasteiger partial charge in [0.15, 0.2) is 0 Å². The summed E-state index contributed by atoms with van der Waals surface area (Å²) in [5.41, 5.74) is 0. The molecule has 0 aliphatic heterocycles. The summed E-state index contributed by atoms with van der Waals surface area (Å²) in [4.78, 5) is 21.5. The van der Waals surface area contributed by atoms with E-state index in [1.807, 2.05) is 13.8 Å². The maximum Gasteiger partial charge on any atom is 0.270 e. The van der Waals surface area contributed by atoms with Crippen molar-refractivity contribution in [1.82, 2.24) is 6.15 Å². The maximum atomic E-state index is 11.4. The van der Waals surface area contributed by atoms with Gasteiger partial charge in [0.05, 0.1) is 0 Å². The molecule has 0 saturated heterocycles. The van der Waals surface area contributed by atoms with Crippen molar-refractivity contribution >= 4 is 5.78 Å². The number of nitro groups is 1. The molecule has 0 rings (SSSR count). The second-order valence-electron chi connectivity index (χ2n) is 3.51. The average molecular weight is 219 g/mol. The molecule has 0 spiro atoms. The van der Waals surface area contributed by atoms with E-state index in [1.165, 1.54) is 0 Å². The fraction of sp³-hybridized carbons (Fsp3) is 0.900. The first-order valence-electron chi connectivity index (χ1n) is 5.29. The molecule has 1 unspecified atom stereocenters. The van der Waals surface area contributed by atoms with Gasteiger partial charge in [0.25, 0.3) is 6.04 Å². The van der Waals surface area contributed by atoms with Crippen molar-refractivity contribution in [3.8, 4) is 0 Å². The largest absolute Gasteiger partial charge is 0.369 e. The number of carbonyl (C=O) groups is 1. The second-order valence-corrected chi connectivity index (χ2v) is 3.51. The lowest BCUT2D eigenvalue weighted by Gasteiger charge is -2.06. The summed E-state index contributed by atoms with van der Waals surface area (Å²) in [7, 11) is 0. The van der Waals surface area contributed by atoms with Gasteiger partial charge in [0.1, 0.15) is 0 Å². The highest BCUT2D eigenvalue weighted by Gasteiger charge is 2.27. The molecule has 0 aromatic heterocycles. The summed E-state index contributed by atoms with van der Waals surface area (Å²) in [5, 5.41) is 10.5. The third kappa shape index (κ3) is 7.02. The first-order valence-corrected chi connectivity index (χ1v) is 5.29. The third-order valence-electron chi connectivity index (χ3n) is 2.21. The molecule has 0 saturated carbocycles. The molecule has 15 heavy (non-hydrogen) atoms. The monoisotopic (exact) mass is 219 g/mol. The molecule has 0 amide bonds. The number of ketones is 1. The van der Waals surface area contributed by atoms with Crippen molar-refractivity contribution in [3.05, 3.63) is 10.1 Å². The fourth-order valence-corrected chi connectivity index (χ4v) is 1.37. The standard InChI is InChI=1S/C10H19NO3.H3N/c1-3-5-6-8-10(12)9(7-4-2)11(13)14;/h9H,3-8H2,1-2H3;1H3/p+1. The highest BCUT2D eigenvalue weighted by atomic mass is 16.6. The van der Waals surface area contributed by atoms with Crippen LogP contribution in [0.15, 0.2) is 0 Å². The molecule has 90 valence electrons. The van der Waals surface area contributed by atoms with Crippen LogP contribution in [-0.4, -0.2) is 16.7 Å². The topological polar surface area (TPSA) is 96.7 Å². The van der Waals surface area contributed by atoms with Crippen LogP contribution in [0, 0.1) is 10.1 Å². The van der Waals surface area contributed by atoms with Crippen molar-refractivity contribution in [2.24, 2.45) is 0 Å². The van der Waals surface area contributed by atoms with Crippen molar-refractivity contribution < 1.29 is 9.72 Å². The molecule has 0 aromatic carbocycles. The number of rotatable bonds is 8. The number of hydrogen-bond donors (Lipinski definition) is 1. The van der Waals surface area contributed by atoms with Gasteiger partial charge in [0, 0.05) is 17.8 Å². The van der Waals surface area contributed by atoms with E-state index in [0.717, 1.165) is 19.3 Å². The number of carbonyl (C=O) groups excluding carboxylic acids is 1. The molecular formula is C10H23N2O3+. The molecule has 4 N–H and O–H groups in total. The molecular weight excluding hydrogens is 196 g/mol. The predicted molar refractivity (Wildman–Crippen MR) is 60.8 cm³/mol. The Morgan fingerprint density at radius 1 is 1.27 bits per heavy atom. The molecule has 0 heterocycles. The fourth-order valence-electron chi connectivity index (χ4n) is 1.37. The summed E-state index contributed by atoms with van der Waals surface area (Å²) in [6, 6.07) is -0.961. The van der Waals surface area contributed by atoms with E-state index >= 15 is 0 Å². The summed E-state index contributed by atoms with van der Waals surface area (Å²) < 4.78 is 0. The van der Waals surface area contributed by atoms with Crippen molar-refractivity contribution in [1.29, 1.82) is 0 Å². The van der Waals surface area contributed by atoms with E-state index in [1.54, 1.807) is 0 Å². The van der Waals surface area contributed by atoms with Crippen LogP contribution in [0.2, 0.25) is 0 Å². The summed E-state index contributed by atoms with van der Waals surface area (Å²) in [6.45, 7) is 3.90. The van der Waals surface area contributed by atoms with Crippen LogP contribution in [0.25, 0.3) is 0 Å². The maximum absolute atomic E-state index is 11.4. The van der Waals surface area contributed by atoms with Crippen LogP contribution in [0.5, 0.6) is 0 Å². The average Bonchev–Trinajstić information content (AvgIpc) is 2.13. The van der Waals surface area contributed by atoms with E-state index in [4.69, 9.17) is 0 Å². The van der Waals surface area contributed by atoms with E-state index in [9.17, 15) is 14.9 Å².